The maximum atomic E-state index is 12.5. The zero-order valence-corrected chi connectivity index (χ0v) is 15.5. The van der Waals surface area contributed by atoms with E-state index in [9.17, 15) is 9.59 Å². The SMILES string of the molecule is CN(Cc1ccccc1)C(=O)CN1CCN(Cc2ccc(Cl)cc2)C1=O. The standard InChI is InChI=1S/C20H22ClN3O2/c1-22(13-16-5-3-2-4-6-16)19(25)15-24-12-11-23(20(24)26)14-17-7-9-18(21)10-8-17/h2-10H,11-15H2,1H3. The summed E-state index contributed by atoms with van der Waals surface area (Å²) in [5.41, 5.74) is 2.09. The van der Waals surface area contributed by atoms with Gasteiger partial charge in [0.1, 0.15) is 6.54 Å². The van der Waals surface area contributed by atoms with Gasteiger partial charge in [-0.05, 0) is 23.3 Å². The van der Waals surface area contributed by atoms with Gasteiger partial charge in [-0.1, -0.05) is 54.1 Å². The van der Waals surface area contributed by atoms with Gasteiger partial charge in [0, 0.05) is 38.2 Å². The summed E-state index contributed by atoms with van der Waals surface area (Å²) in [5, 5.41) is 0.676. The molecule has 0 radical (unpaired) electrons. The summed E-state index contributed by atoms with van der Waals surface area (Å²) in [6, 6.07) is 17.2. The minimum atomic E-state index is -0.0959. The zero-order chi connectivity index (χ0) is 18.5. The van der Waals surface area contributed by atoms with E-state index in [1.807, 2.05) is 54.6 Å². The molecule has 1 aliphatic rings. The number of rotatable bonds is 6. The normalized spacial score (nSPS) is 14.0. The highest BCUT2D eigenvalue weighted by Crippen LogP contribution is 2.16. The lowest BCUT2D eigenvalue weighted by Crippen LogP contribution is -2.40. The van der Waals surface area contributed by atoms with Crippen molar-refractivity contribution in [1.82, 2.24) is 14.7 Å². The number of hydrogen-bond donors (Lipinski definition) is 0. The van der Waals surface area contributed by atoms with Gasteiger partial charge < -0.3 is 14.7 Å². The molecule has 136 valence electrons. The second-order valence-corrected chi connectivity index (χ2v) is 6.92. The highest BCUT2D eigenvalue weighted by Gasteiger charge is 2.30. The molecule has 0 N–H and O–H groups in total. The molecule has 3 rings (SSSR count). The Bertz CT molecular complexity index is 764. The molecule has 5 nitrogen and oxygen atoms in total. The van der Waals surface area contributed by atoms with Crippen molar-refractivity contribution >= 4 is 23.5 Å². The lowest BCUT2D eigenvalue weighted by molar-refractivity contribution is -0.130. The fourth-order valence-electron chi connectivity index (χ4n) is 2.97. The molecule has 26 heavy (non-hydrogen) atoms. The van der Waals surface area contributed by atoms with Crippen molar-refractivity contribution in [3.63, 3.8) is 0 Å². The van der Waals surface area contributed by atoms with Crippen LogP contribution < -0.4 is 0 Å². The molecule has 0 spiro atoms. The molecule has 0 saturated carbocycles. The van der Waals surface area contributed by atoms with E-state index in [1.165, 1.54) is 0 Å². The molecule has 2 aromatic carbocycles. The van der Waals surface area contributed by atoms with Gasteiger partial charge >= 0.3 is 6.03 Å². The van der Waals surface area contributed by atoms with Crippen molar-refractivity contribution in [3.8, 4) is 0 Å². The van der Waals surface area contributed by atoms with Crippen LogP contribution >= 0.6 is 11.6 Å². The molecule has 1 aliphatic heterocycles. The van der Waals surface area contributed by atoms with Crippen molar-refractivity contribution in [2.45, 2.75) is 13.1 Å². The predicted molar refractivity (Wildman–Crippen MR) is 102 cm³/mol. The topological polar surface area (TPSA) is 43.9 Å². The molecule has 1 saturated heterocycles. The molecular formula is C20H22ClN3O2. The van der Waals surface area contributed by atoms with E-state index in [4.69, 9.17) is 11.6 Å². The lowest BCUT2D eigenvalue weighted by atomic mass is 10.2. The fraction of sp³-hybridized carbons (Fsp3) is 0.300. The van der Waals surface area contributed by atoms with Gasteiger partial charge in [0.25, 0.3) is 0 Å². The molecule has 2 aromatic rings. The van der Waals surface area contributed by atoms with Crippen LogP contribution in [-0.4, -0.2) is 53.3 Å². The highest BCUT2D eigenvalue weighted by atomic mass is 35.5. The van der Waals surface area contributed by atoms with Crippen LogP contribution in [0.15, 0.2) is 54.6 Å². The summed E-state index contributed by atoms with van der Waals surface area (Å²) in [4.78, 5) is 30.0. The Kier molecular flexibility index (Phi) is 5.78. The maximum Gasteiger partial charge on any atom is 0.320 e. The van der Waals surface area contributed by atoms with Gasteiger partial charge in [0.05, 0.1) is 0 Å². The number of likely N-dealkylation sites (N-methyl/N-ethyl adjacent to an activating group) is 1. The average Bonchev–Trinajstić information content (AvgIpc) is 2.98. The van der Waals surface area contributed by atoms with Crippen molar-refractivity contribution in [2.75, 3.05) is 26.7 Å². The van der Waals surface area contributed by atoms with E-state index < -0.39 is 0 Å². The molecule has 0 aliphatic carbocycles. The molecule has 1 fully saturated rings. The van der Waals surface area contributed by atoms with Crippen LogP contribution in [0.3, 0.4) is 0 Å². The number of benzene rings is 2. The van der Waals surface area contributed by atoms with Crippen LogP contribution in [-0.2, 0) is 17.9 Å². The first-order chi connectivity index (χ1) is 12.5. The van der Waals surface area contributed by atoms with E-state index in [0.29, 0.717) is 31.2 Å². The van der Waals surface area contributed by atoms with Crippen LogP contribution in [0.2, 0.25) is 5.02 Å². The Morgan fingerprint density at radius 2 is 1.65 bits per heavy atom. The lowest BCUT2D eigenvalue weighted by Gasteiger charge is -2.22. The Hall–Kier alpha value is -2.53. The van der Waals surface area contributed by atoms with Gasteiger partial charge in [0.15, 0.2) is 0 Å². The second kappa shape index (κ2) is 8.23. The summed E-state index contributed by atoms with van der Waals surface area (Å²) in [5.74, 6) is -0.0597. The molecular weight excluding hydrogens is 350 g/mol. The number of carbonyl (C=O) groups is 2. The number of urea groups is 1. The minimum absolute atomic E-state index is 0.0597. The molecule has 0 atom stereocenters. The summed E-state index contributed by atoms with van der Waals surface area (Å²) in [6.07, 6.45) is 0. The monoisotopic (exact) mass is 371 g/mol. The van der Waals surface area contributed by atoms with Crippen molar-refractivity contribution in [2.24, 2.45) is 0 Å². The van der Waals surface area contributed by atoms with Crippen LogP contribution in [0.4, 0.5) is 4.79 Å². The van der Waals surface area contributed by atoms with Gasteiger partial charge in [-0.3, -0.25) is 4.79 Å². The number of nitrogens with zero attached hydrogens (tertiary/aromatic N) is 3. The number of carbonyl (C=O) groups excluding carboxylic acids is 2. The zero-order valence-electron chi connectivity index (χ0n) is 14.8. The predicted octanol–water partition coefficient (Wildman–Crippen LogP) is 3.24. The summed E-state index contributed by atoms with van der Waals surface area (Å²) >= 11 is 5.89. The largest absolute Gasteiger partial charge is 0.340 e. The summed E-state index contributed by atoms with van der Waals surface area (Å²) < 4.78 is 0. The van der Waals surface area contributed by atoms with E-state index in [-0.39, 0.29) is 18.5 Å². The van der Waals surface area contributed by atoms with E-state index in [0.717, 1.165) is 11.1 Å². The first-order valence-electron chi connectivity index (χ1n) is 8.59. The highest BCUT2D eigenvalue weighted by molar-refractivity contribution is 6.30. The Morgan fingerprint density at radius 3 is 2.35 bits per heavy atom. The summed E-state index contributed by atoms with van der Waals surface area (Å²) in [7, 11) is 1.77. The fourth-order valence-corrected chi connectivity index (χ4v) is 3.09. The van der Waals surface area contributed by atoms with Crippen molar-refractivity contribution in [3.05, 3.63) is 70.7 Å². The van der Waals surface area contributed by atoms with Crippen molar-refractivity contribution in [1.29, 1.82) is 0 Å². The first-order valence-corrected chi connectivity index (χ1v) is 8.97. The van der Waals surface area contributed by atoms with Gasteiger partial charge in [-0.25, -0.2) is 4.79 Å². The Balaban J connectivity index is 1.53. The van der Waals surface area contributed by atoms with E-state index >= 15 is 0 Å². The minimum Gasteiger partial charge on any atom is -0.340 e. The number of amides is 3. The van der Waals surface area contributed by atoms with Gasteiger partial charge in [-0.15, -0.1) is 0 Å². The molecule has 6 heteroatoms. The van der Waals surface area contributed by atoms with Crippen LogP contribution in [0.1, 0.15) is 11.1 Å². The molecule has 0 bridgehead atoms. The molecule has 0 aromatic heterocycles. The molecule has 0 unspecified atom stereocenters. The van der Waals surface area contributed by atoms with E-state index in [2.05, 4.69) is 0 Å². The Labute approximate surface area is 158 Å². The molecule has 1 heterocycles. The Morgan fingerprint density at radius 1 is 1.00 bits per heavy atom. The van der Waals surface area contributed by atoms with Crippen LogP contribution in [0.25, 0.3) is 0 Å². The first kappa shape index (κ1) is 18.3. The van der Waals surface area contributed by atoms with Crippen LogP contribution in [0, 0.1) is 0 Å². The van der Waals surface area contributed by atoms with Gasteiger partial charge in [0.2, 0.25) is 5.91 Å². The number of hydrogen-bond acceptors (Lipinski definition) is 2. The van der Waals surface area contributed by atoms with E-state index in [1.54, 1.807) is 21.7 Å². The summed E-state index contributed by atoms with van der Waals surface area (Å²) in [6.45, 7) is 2.37. The molecule has 3 amide bonds. The smallest absolute Gasteiger partial charge is 0.320 e. The number of halogens is 1. The third kappa shape index (κ3) is 4.55. The average molecular weight is 372 g/mol. The second-order valence-electron chi connectivity index (χ2n) is 6.49. The van der Waals surface area contributed by atoms with Gasteiger partial charge in [-0.2, -0.15) is 0 Å². The third-order valence-corrected chi connectivity index (χ3v) is 4.73. The maximum absolute atomic E-state index is 12.5. The third-order valence-electron chi connectivity index (χ3n) is 4.48. The van der Waals surface area contributed by atoms with Crippen LogP contribution in [0.5, 0.6) is 0 Å². The quantitative estimate of drug-likeness (QED) is 0.782. The van der Waals surface area contributed by atoms with Crippen molar-refractivity contribution < 1.29 is 9.59 Å².